The lowest BCUT2D eigenvalue weighted by Gasteiger charge is -2.20. The van der Waals surface area contributed by atoms with Crippen LogP contribution in [0.25, 0.3) is 5.57 Å². The van der Waals surface area contributed by atoms with Gasteiger partial charge in [-0.15, -0.1) is 0 Å². The Bertz CT molecular complexity index is 489. The van der Waals surface area contributed by atoms with Crippen LogP contribution in [0.4, 0.5) is 4.39 Å². The number of nitrogens with one attached hydrogen (secondary N) is 1. The summed E-state index contributed by atoms with van der Waals surface area (Å²) in [5.74, 6) is -0.0570. The average molecular weight is 280 g/mol. The molecule has 0 saturated heterocycles. The SMILES string of the molecule is CC(C)C(CO)NCc1nc(C2=COCC2)ccc1F. The van der Waals surface area contributed by atoms with Gasteiger partial charge in [-0.3, -0.25) is 0 Å². The second-order valence-corrected chi connectivity index (χ2v) is 5.30. The van der Waals surface area contributed by atoms with Crippen LogP contribution in [0.1, 0.15) is 31.7 Å². The van der Waals surface area contributed by atoms with Crippen molar-refractivity contribution in [3.8, 4) is 0 Å². The highest BCUT2D eigenvalue weighted by atomic mass is 19.1. The van der Waals surface area contributed by atoms with Crippen molar-refractivity contribution < 1.29 is 14.2 Å². The molecule has 1 aliphatic rings. The highest BCUT2D eigenvalue weighted by molar-refractivity contribution is 5.62. The van der Waals surface area contributed by atoms with Crippen LogP contribution in [0.5, 0.6) is 0 Å². The maximum Gasteiger partial charge on any atom is 0.146 e. The Morgan fingerprint density at radius 3 is 2.85 bits per heavy atom. The van der Waals surface area contributed by atoms with E-state index in [9.17, 15) is 9.50 Å². The van der Waals surface area contributed by atoms with Crippen LogP contribution in [-0.4, -0.2) is 29.3 Å². The van der Waals surface area contributed by atoms with Crippen molar-refractivity contribution >= 4 is 5.57 Å². The Kier molecular flexibility index (Phi) is 5.09. The number of halogens is 1. The van der Waals surface area contributed by atoms with E-state index >= 15 is 0 Å². The fourth-order valence-corrected chi connectivity index (χ4v) is 2.10. The molecule has 1 aromatic heterocycles. The first kappa shape index (κ1) is 14.9. The Morgan fingerprint density at radius 1 is 1.45 bits per heavy atom. The Labute approximate surface area is 118 Å². The quantitative estimate of drug-likeness (QED) is 0.838. The maximum absolute atomic E-state index is 13.8. The third-order valence-corrected chi connectivity index (χ3v) is 3.50. The summed E-state index contributed by atoms with van der Waals surface area (Å²) < 4.78 is 19.0. The molecule has 20 heavy (non-hydrogen) atoms. The van der Waals surface area contributed by atoms with E-state index < -0.39 is 0 Å². The molecule has 2 heterocycles. The molecule has 0 aliphatic carbocycles. The largest absolute Gasteiger partial charge is 0.500 e. The molecular formula is C15H21FN2O2. The minimum absolute atomic E-state index is 0.0258. The van der Waals surface area contributed by atoms with E-state index in [0.717, 1.165) is 17.7 Å². The van der Waals surface area contributed by atoms with Crippen molar-refractivity contribution in [2.45, 2.75) is 32.9 Å². The summed E-state index contributed by atoms with van der Waals surface area (Å²) in [6.07, 6.45) is 2.48. The van der Waals surface area contributed by atoms with Gasteiger partial charge in [0, 0.05) is 24.6 Å². The minimum Gasteiger partial charge on any atom is -0.500 e. The van der Waals surface area contributed by atoms with E-state index in [2.05, 4.69) is 10.3 Å². The summed E-state index contributed by atoms with van der Waals surface area (Å²) in [6, 6.07) is 3.04. The molecule has 0 spiro atoms. The van der Waals surface area contributed by atoms with Crippen molar-refractivity contribution in [1.29, 1.82) is 0 Å². The van der Waals surface area contributed by atoms with Gasteiger partial charge >= 0.3 is 0 Å². The fraction of sp³-hybridized carbons (Fsp3) is 0.533. The molecule has 110 valence electrons. The van der Waals surface area contributed by atoms with E-state index in [4.69, 9.17) is 4.74 Å². The number of hydrogen-bond donors (Lipinski definition) is 2. The number of ether oxygens (including phenoxy) is 1. The summed E-state index contributed by atoms with van der Waals surface area (Å²) in [4.78, 5) is 4.35. The second kappa shape index (κ2) is 6.81. The summed E-state index contributed by atoms with van der Waals surface area (Å²) in [5, 5.41) is 12.4. The van der Waals surface area contributed by atoms with Gasteiger partial charge in [0.25, 0.3) is 0 Å². The van der Waals surface area contributed by atoms with E-state index in [1.165, 1.54) is 6.07 Å². The molecule has 1 atom stereocenters. The highest BCUT2D eigenvalue weighted by Gasteiger charge is 2.15. The summed E-state index contributed by atoms with van der Waals surface area (Å²) in [6.45, 7) is 5.00. The van der Waals surface area contributed by atoms with Crippen LogP contribution in [0.3, 0.4) is 0 Å². The number of rotatable bonds is 6. The van der Waals surface area contributed by atoms with Crippen molar-refractivity contribution in [3.63, 3.8) is 0 Å². The number of aliphatic hydroxyl groups excluding tert-OH is 1. The molecule has 2 N–H and O–H groups in total. The van der Waals surface area contributed by atoms with Crippen LogP contribution in [0, 0.1) is 11.7 Å². The van der Waals surface area contributed by atoms with E-state index in [-0.39, 0.29) is 24.4 Å². The Hall–Kier alpha value is -1.46. The van der Waals surface area contributed by atoms with Gasteiger partial charge in [0.05, 0.1) is 30.9 Å². The van der Waals surface area contributed by atoms with E-state index in [0.29, 0.717) is 18.8 Å². The molecule has 1 unspecified atom stereocenters. The molecule has 0 amide bonds. The molecule has 0 aromatic carbocycles. The maximum atomic E-state index is 13.8. The van der Waals surface area contributed by atoms with Crippen molar-refractivity contribution in [1.82, 2.24) is 10.3 Å². The van der Waals surface area contributed by atoms with Gasteiger partial charge in [-0.25, -0.2) is 9.37 Å². The first-order valence-corrected chi connectivity index (χ1v) is 6.92. The number of nitrogens with zero attached hydrogens (tertiary/aromatic N) is 1. The molecular weight excluding hydrogens is 259 g/mol. The van der Waals surface area contributed by atoms with Crippen LogP contribution < -0.4 is 5.32 Å². The number of pyridine rings is 1. The predicted molar refractivity (Wildman–Crippen MR) is 75.3 cm³/mol. The third kappa shape index (κ3) is 3.55. The van der Waals surface area contributed by atoms with Crippen molar-refractivity contribution in [2.75, 3.05) is 13.2 Å². The molecule has 1 aliphatic heterocycles. The zero-order chi connectivity index (χ0) is 14.5. The fourth-order valence-electron chi connectivity index (χ4n) is 2.10. The van der Waals surface area contributed by atoms with Crippen LogP contribution in [0.15, 0.2) is 18.4 Å². The zero-order valence-corrected chi connectivity index (χ0v) is 11.9. The second-order valence-electron chi connectivity index (χ2n) is 5.30. The van der Waals surface area contributed by atoms with Gasteiger partial charge in [-0.1, -0.05) is 13.8 Å². The normalized spacial score (nSPS) is 16.1. The van der Waals surface area contributed by atoms with E-state index in [1.807, 2.05) is 13.8 Å². The number of hydrogen-bond acceptors (Lipinski definition) is 4. The van der Waals surface area contributed by atoms with Crippen LogP contribution >= 0.6 is 0 Å². The minimum atomic E-state index is -0.332. The van der Waals surface area contributed by atoms with Crippen molar-refractivity contribution in [3.05, 3.63) is 35.6 Å². The summed E-state index contributed by atoms with van der Waals surface area (Å²) in [5.41, 5.74) is 2.12. The number of aliphatic hydroxyl groups is 1. The van der Waals surface area contributed by atoms with E-state index in [1.54, 1.807) is 12.3 Å². The average Bonchev–Trinajstić information content (AvgIpc) is 2.95. The smallest absolute Gasteiger partial charge is 0.146 e. The lowest BCUT2D eigenvalue weighted by atomic mass is 10.1. The monoisotopic (exact) mass is 280 g/mol. The van der Waals surface area contributed by atoms with Gasteiger partial charge in [0.1, 0.15) is 5.82 Å². The predicted octanol–water partition coefficient (Wildman–Crippen LogP) is 2.09. The first-order chi connectivity index (χ1) is 9.61. The molecule has 0 saturated carbocycles. The molecule has 1 aromatic rings. The standard InChI is InChI=1S/C15H21FN2O2/c1-10(2)15(8-19)17-7-14-12(16)3-4-13(18-14)11-5-6-20-9-11/h3-4,9-10,15,17,19H,5-8H2,1-2H3. The highest BCUT2D eigenvalue weighted by Crippen LogP contribution is 2.22. The molecule has 0 radical (unpaired) electrons. The zero-order valence-electron chi connectivity index (χ0n) is 11.9. The summed E-state index contributed by atoms with van der Waals surface area (Å²) >= 11 is 0. The van der Waals surface area contributed by atoms with Gasteiger partial charge < -0.3 is 15.2 Å². The van der Waals surface area contributed by atoms with Crippen molar-refractivity contribution in [2.24, 2.45) is 5.92 Å². The molecule has 5 heteroatoms. The van der Waals surface area contributed by atoms with Gasteiger partial charge in [0.2, 0.25) is 0 Å². The topological polar surface area (TPSA) is 54.4 Å². The van der Waals surface area contributed by atoms with Crippen LogP contribution in [0.2, 0.25) is 0 Å². The van der Waals surface area contributed by atoms with Crippen LogP contribution in [-0.2, 0) is 11.3 Å². The first-order valence-electron chi connectivity index (χ1n) is 6.92. The molecule has 4 nitrogen and oxygen atoms in total. The molecule has 2 rings (SSSR count). The molecule has 0 fully saturated rings. The molecule has 0 bridgehead atoms. The number of aromatic nitrogens is 1. The Morgan fingerprint density at radius 2 is 2.25 bits per heavy atom. The van der Waals surface area contributed by atoms with Gasteiger partial charge in [-0.2, -0.15) is 0 Å². The lowest BCUT2D eigenvalue weighted by molar-refractivity contribution is 0.209. The lowest BCUT2D eigenvalue weighted by Crippen LogP contribution is -2.37. The third-order valence-electron chi connectivity index (χ3n) is 3.50. The van der Waals surface area contributed by atoms with Gasteiger partial charge in [0.15, 0.2) is 0 Å². The Balaban J connectivity index is 2.08. The summed E-state index contributed by atoms with van der Waals surface area (Å²) in [7, 11) is 0. The van der Waals surface area contributed by atoms with Gasteiger partial charge in [-0.05, 0) is 18.1 Å².